The summed E-state index contributed by atoms with van der Waals surface area (Å²) in [4.78, 5) is 11.4. The molecule has 112 valence electrons. The lowest BCUT2D eigenvalue weighted by atomic mass is 10.1. The largest absolute Gasteiger partial charge is 0.496 e. The van der Waals surface area contributed by atoms with Crippen LogP contribution in [0.4, 0.5) is 0 Å². The van der Waals surface area contributed by atoms with Crippen molar-refractivity contribution in [1.29, 1.82) is 0 Å². The first-order chi connectivity index (χ1) is 9.65. The van der Waals surface area contributed by atoms with Gasteiger partial charge < -0.3 is 24.8 Å². The number of nitrogens with one attached hydrogen (secondary N) is 2. The van der Waals surface area contributed by atoms with Crippen molar-refractivity contribution in [3.63, 3.8) is 0 Å². The fourth-order valence-electron chi connectivity index (χ4n) is 1.87. The van der Waals surface area contributed by atoms with Gasteiger partial charge in [0.25, 0.3) is 0 Å². The van der Waals surface area contributed by atoms with Gasteiger partial charge in [-0.25, -0.2) is 0 Å². The van der Waals surface area contributed by atoms with Crippen molar-refractivity contribution < 1.29 is 19.0 Å². The van der Waals surface area contributed by atoms with Crippen molar-refractivity contribution in [3.05, 3.63) is 17.7 Å². The van der Waals surface area contributed by atoms with Crippen molar-refractivity contribution in [2.45, 2.75) is 6.42 Å². The Hall–Kier alpha value is -1.95. The van der Waals surface area contributed by atoms with Gasteiger partial charge in [0, 0.05) is 24.2 Å². The highest BCUT2D eigenvalue weighted by Gasteiger charge is 2.13. The summed E-state index contributed by atoms with van der Waals surface area (Å²) in [5, 5.41) is 5.62. The molecule has 0 aliphatic heterocycles. The Morgan fingerprint density at radius 3 is 2.15 bits per heavy atom. The van der Waals surface area contributed by atoms with Crippen LogP contribution in [0.3, 0.4) is 0 Å². The Morgan fingerprint density at radius 1 is 1.10 bits per heavy atom. The highest BCUT2D eigenvalue weighted by Crippen LogP contribution is 2.34. The van der Waals surface area contributed by atoms with Crippen LogP contribution in [0.25, 0.3) is 0 Å². The van der Waals surface area contributed by atoms with Gasteiger partial charge in [-0.05, 0) is 13.5 Å². The van der Waals surface area contributed by atoms with Crippen LogP contribution in [0.2, 0.25) is 0 Å². The van der Waals surface area contributed by atoms with Gasteiger partial charge in [0.1, 0.15) is 17.2 Å². The van der Waals surface area contributed by atoms with Crippen LogP contribution < -0.4 is 24.8 Å². The first-order valence-corrected chi connectivity index (χ1v) is 6.36. The van der Waals surface area contributed by atoms with Crippen LogP contribution in [0, 0.1) is 0 Å². The second kappa shape index (κ2) is 8.27. The summed E-state index contributed by atoms with van der Waals surface area (Å²) in [5.74, 6) is 1.99. The maximum atomic E-state index is 11.4. The third-order valence-electron chi connectivity index (χ3n) is 2.85. The molecule has 0 unspecified atom stereocenters. The predicted octanol–water partition coefficient (Wildman–Crippen LogP) is 0.591. The van der Waals surface area contributed by atoms with Crippen LogP contribution in [0.1, 0.15) is 5.56 Å². The lowest BCUT2D eigenvalue weighted by Gasteiger charge is -2.15. The molecule has 1 amide bonds. The minimum Gasteiger partial charge on any atom is -0.496 e. The molecule has 0 radical (unpaired) electrons. The number of benzene rings is 1. The quantitative estimate of drug-likeness (QED) is 0.730. The Labute approximate surface area is 119 Å². The second-order valence-electron chi connectivity index (χ2n) is 4.14. The number of rotatable bonds is 8. The van der Waals surface area contributed by atoms with Crippen molar-refractivity contribution >= 4 is 5.91 Å². The van der Waals surface area contributed by atoms with Gasteiger partial charge in [0.2, 0.25) is 5.91 Å². The Bertz CT molecular complexity index is 424. The zero-order chi connectivity index (χ0) is 15.0. The molecule has 20 heavy (non-hydrogen) atoms. The number of methoxy groups -OCH3 is 3. The Morgan fingerprint density at radius 2 is 1.70 bits per heavy atom. The lowest BCUT2D eigenvalue weighted by molar-refractivity contribution is -0.120. The number of likely N-dealkylation sites (N-methyl/N-ethyl adjacent to an activating group) is 1. The van der Waals surface area contributed by atoms with Gasteiger partial charge in [0.05, 0.1) is 27.9 Å². The first-order valence-electron chi connectivity index (χ1n) is 6.36. The van der Waals surface area contributed by atoms with Crippen molar-refractivity contribution in [2.24, 2.45) is 0 Å². The summed E-state index contributed by atoms with van der Waals surface area (Å²) < 4.78 is 15.9. The van der Waals surface area contributed by atoms with E-state index in [0.717, 1.165) is 5.56 Å². The van der Waals surface area contributed by atoms with Crippen LogP contribution >= 0.6 is 0 Å². The average molecular weight is 282 g/mol. The first kappa shape index (κ1) is 16.1. The molecule has 0 fully saturated rings. The van der Waals surface area contributed by atoms with Crippen molar-refractivity contribution in [1.82, 2.24) is 10.6 Å². The molecule has 0 aromatic heterocycles. The van der Waals surface area contributed by atoms with Crippen LogP contribution in [-0.4, -0.2) is 47.4 Å². The molecule has 0 bridgehead atoms. The minimum atomic E-state index is -0.0426. The molecule has 0 aliphatic carbocycles. The van der Waals surface area contributed by atoms with E-state index >= 15 is 0 Å². The van der Waals surface area contributed by atoms with E-state index in [9.17, 15) is 4.79 Å². The maximum absolute atomic E-state index is 11.4. The number of carbonyl (C=O) groups is 1. The second-order valence-corrected chi connectivity index (χ2v) is 4.14. The van der Waals surface area contributed by atoms with Crippen LogP contribution in [0.15, 0.2) is 12.1 Å². The number of hydrogen-bond donors (Lipinski definition) is 2. The molecule has 0 aliphatic rings. The molecule has 0 saturated heterocycles. The third kappa shape index (κ3) is 4.31. The molecule has 0 spiro atoms. The van der Waals surface area contributed by atoms with Gasteiger partial charge in [-0.1, -0.05) is 0 Å². The van der Waals surface area contributed by atoms with E-state index in [2.05, 4.69) is 10.6 Å². The smallest absolute Gasteiger partial charge is 0.233 e. The van der Waals surface area contributed by atoms with Gasteiger partial charge in [-0.3, -0.25) is 4.79 Å². The van der Waals surface area contributed by atoms with Crippen molar-refractivity contribution in [2.75, 3.05) is 41.5 Å². The fraction of sp³-hybridized carbons (Fsp3) is 0.500. The molecule has 6 heteroatoms. The molecule has 6 nitrogen and oxygen atoms in total. The molecule has 1 rings (SSSR count). The topological polar surface area (TPSA) is 68.8 Å². The molecule has 0 atom stereocenters. The summed E-state index contributed by atoms with van der Waals surface area (Å²) in [7, 11) is 6.51. The van der Waals surface area contributed by atoms with E-state index in [0.29, 0.717) is 36.8 Å². The van der Waals surface area contributed by atoms with E-state index in [-0.39, 0.29) is 5.91 Å². The van der Waals surface area contributed by atoms with E-state index in [4.69, 9.17) is 14.2 Å². The molecule has 0 saturated carbocycles. The number of amides is 1. The highest BCUT2D eigenvalue weighted by atomic mass is 16.5. The highest BCUT2D eigenvalue weighted by molar-refractivity contribution is 5.77. The summed E-state index contributed by atoms with van der Waals surface area (Å²) in [6, 6.07) is 3.60. The van der Waals surface area contributed by atoms with Gasteiger partial charge in [-0.15, -0.1) is 0 Å². The van der Waals surface area contributed by atoms with Crippen LogP contribution in [-0.2, 0) is 11.2 Å². The van der Waals surface area contributed by atoms with E-state index < -0.39 is 0 Å². The van der Waals surface area contributed by atoms with Crippen LogP contribution in [0.5, 0.6) is 17.2 Å². The number of carbonyl (C=O) groups excluding carboxylic acids is 1. The number of ether oxygens (including phenoxy) is 3. The maximum Gasteiger partial charge on any atom is 0.233 e. The van der Waals surface area contributed by atoms with Gasteiger partial charge in [0.15, 0.2) is 0 Å². The third-order valence-corrected chi connectivity index (χ3v) is 2.85. The van der Waals surface area contributed by atoms with Gasteiger partial charge in [-0.2, -0.15) is 0 Å². The Kier molecular flexibility index (Phi) is 6.66. The summed E-state index contributed by atoms with van der Waals surface area (Å²) >= 11 is 0. The standard InChI is InChI=1S/C14H22N2O4/c1-15-9-14(17)16-6-5-11-12(19-3)7-10(18-2)8-13(11)20-4/h7-8,15H,5-6,9H2,1-4H3,(H,16,17). The minimum absolute atomic E-state index is 0.0426. The summed E-state index contributed by atoms with van der Waals surface area (Å²) in [6.07, 6.45) is 0.617. The SMILES string of the molecule is CNCC(=O)NCCc1c(OC)cc(OC)cc1OC. The molecular weight excluding hydrogens is 260 g/mol. The fourth-order valence-corrected chi connectivity index (χ4v) is 1.87. The predicted molar refractivity (Wildman–Crippen MR) is 76.7 cm³/mol. The van der Waals surface area contributed by atoms with E-state index in [1.807, 2.05) is 0 Å². The molecule has 1 aromatic carbocycles. The summed E-state index contributed by atoms with van der Waals surface area (Å²) in [5.41, 5.74) is 0.903. The molecular formula is C14H22N2O4. The molecule has 2 N–H and O–H groups in total. The molecule has 1 aromatic rings. The normalized spacial score (nSPS) is 10.0. The van der Waals surface area contributed by atoms with E-state index in [1.165, 1.54) is 0 Å². The van der Waals surface area contributed by atoms with E-state index in [1.54, 1.807) is 40.5 Å². The lowest BCUT2D eigenvalue weighted by Crippen LogP contribution is -2.33. The Balaban J connectivity index is 2.79. The molecule has 0 heterocycles. The average Bonchev–Trinajstić information content (AvgIpc) is 2.47. The van der Waals surface area contributed by atoms with Crippen molar-refractivity contribution in [3.8, 4) is 17.2 Å². The zero-order valence-electron chi connectivity index (χ0n) is 12.4. The monoisotopic (exact) mass is 282 g/mol. The summed E-state index contributed by atoms with van der Waals surface area (Å²) in [6.45, 7) is 0.816. The van der Waals surface area contributed by atoms with Gasteiger partial charge >= 0.3 is 0 Å². The zero-order valence-corrected chi connectivity index (χ0v) is 12.4. The number of hydrogen-bond acceptors (Lipinski definition) is 5.